The van der Waals surface area contributed by atoms with Crippen LogP contribution in [0.15, 0.2) is 71.9 Å². The number of aryl methyl sites for hydroxylation is 3. The molecule has 0 aliphatic heterocycles. The van der Waals surface area contributed by atoms with Gasteiger partial charge in [-0.15, -0.1) is 0 Å². The fourth-order valence-corrected chi connectivity index (χ4v) is 6.08. The van der Waals surface area contributed by atoms with Crippen molar-refractivity contribution in [3.05, 3.63) is 111 Å². The van der Waals surface area contributed by atoms with Crippen LogP contribution in [0.25, 0.3) is 11.1 Å². The van der Waals surface area contributed by atoms with Crippen LogP contribution in [0.1, 0.15) is 38.9 Å². The zero-order valence-corrected chi connectivity index (χ0v) is 27.3. The lowest BCUT2D eigenvalue weighted by Gasteiger charge is -2.18. The third-order valence-corrected chi connectivity index (χ3v) is 9.57. The van der Waals surface area contributed by atoms with Crippen LogP contribution in [0.2, 0.25) is 5.02 Å². The van der Waals surface area contributed by atoms with E-state index in [-0.39, 0.29) is 11.5 Å². The number of sulfone groups is 1. The monoisotopic (exact) mass is 636 g/mol. The van der Waals surface area contributed by atoms with Crippen molar-refractivity contribution in [3.63, 3.8) is 0 Å². The molecular weight excluding hydrogens is 600 g/mol. The first-order chi connectivity index (χ1) is 20.5. The second kappa shape index (κ2) is 14.5. The van der Waals surface area contributed by atoms with Gasteiger partial charge in [-0.2, -0.15) is 12.6 Å². The van der Waals surface area contributed by atoms with Gasteiger partial charge in [0, 0.05) is 47.1 Å². The van der Waals surface area contributed by atoms with Crippen molar-refractivity contribution in [3.8, 4) is 16.9 Å². The third-order valence-electron chi connectivity index (χ3n) is 7.74. The topological polar surface area (TPSA) is 85.4 Å². The van der Waals surface area contributed by atoms with Crippen molar-refractivity contribution in [1.29, 1.82) is 0 Å². The number of nitrogens with one attached hydrogen (secondary N) is 1. The number of thiol groups is 1. The highest BCUT2D eigenvalue weighted by Gasteiger charge is 2.15. The molecule has 0 bridgehead atoms. The summed E-state index contributed by atoms with van der Waals surface area (Å²) in [6.45, 7) is 6.93. The zero-order valence-electron chi connectivity index (χ0n) is 24.9. The second-order valence-corrected chi connectivity index (χ2v) is 13.6. The molecule has 6 nitrogen and oxygen atoms in total. The van der Waals surface area contributed by atoms with Gasteiger partial charge in [0.2, 0.25) is 0 Å². The van der Waals surface area contributed by atoms with Gasteiger partial charge in [0.1, 0.15) is 18.6 Å². The van der Waals surface area contributed by atoms with Crippen LogP contribution in [0.5, 0.6) is 5.75 Å². The average molecular weight is 637 g/mol. The summed E-state index contributed by atoms with van der Waals surface area (Å²) in [5.74, 6) is 0.956. The molecule has 0 spiro atoms. The Balaban J connectivity index is 1.61. The van der Waals surface area contributed by atoms with E-state index >= 15 is 0 Å². The van der Waals surface area contributed by atoms with Crippen molar-refractivity contribution in [2.45, 2.75) is 57.7 Å². The largest absolute Gasteiger partial charge is 0.489 e. The van der Waals surface area contributed by atoms with E-state index in [9.17, 15) is 13.2 Å². The molecule has 0 saturated heterocycles. The third kappa shape index (κ3) is 8.26. The van der Waals surface area contributed by atoms with E-state index in [1.807, 2.05) is 12.1 Å². The fourth-order valence-electron chi connectivity index (χ4n) is 4.96. The molecule has 43 heavy (non-hydrogen) atoms. The van der Waals surface area contributed by atoms with Gasteiger partial charge in [-0.3, -0.25) is 4.98 Å². The molecule has 1 N–H and O–H groups in total. The number of pyridine rings is 1. The van der Waals surface area contributed by atoms with Gasteiger partial charge in [-0.05, 0) is 90.8 Å². The maximum Gasteiger partial charge on any atom is 0.177 e. The molecule has 1 aromatic heterocycles. The van der Waals surface area contributed by atoms with Gasteiger partial charge in [0.15, 0.2) is 9.84 Å². The molecule has 1 heterocycles. The van der Waals surface area contributed by atoms with Gasteiger partial charge >= 0.3 is 0 Å². The Morgan fingerprint density at radius 1 is 0.953 bits per heavy atom. The number of hydrogen-bond donors (Lipinski definition) is 2. The van der Waals surface area contributed by atoms with E-state index < -0.39 is 15.9 Å². The standard InChI is InChI=1S/C34H37ClN2O4S2/c1-22-7-5-9-31(23(22)2)32-10-6-8-26(24(32)3)11-12-27-15-34(28(14-33(27)35)17-37-29(19-38)21-42)41-20-25-13-30(18-36-16-25)43(4,39)40/h5-10,13-16,18-19,29,37,42H,11-12,17,20-21H2,1-4H3. The SMILES string of the molecule is Cc1cccc(-c2cccc(CCc3cc(OCc4cncc(S(C)(=O)=O)c4)c(CNC(C=O)CS)cc3Cl)c2C)c1C. The summed E-state index contributed by atoms with van der Waals surface area (Å²) in [5, 5.41) is 3.78. The molecule has 4 rings (SSSR count). The Labute approximate surface area is 265 Å². The number of hydrogen-bond acceptors (Lipinski definition) is 7. The number of halogens is 1. The maximum atomic E-state index is 12.0. The summed E-state index contributed by atoms with van der Waals surface area (Å²) >= 11 is 11.0. The van der Waals surface area contributed by atoms with E-state index in [1.165, 1.54) is 39.6 Å². The van der Waals surface area contributed by atoms with Crippen molar-refractivity contribution in [2.75, 3.05) is 12.0 Å². The predicted octanol–water partition coefficient (Wildman–Crippen LogP) is 6.68. The first-order valence-corrected chi connectivity index (χ1v) is 16.9. The lowest BCUT2D eigenvalue weighted by atomic mass is 9.90. The van der Waals surface area contributed by atoms with Crippen molar-refractivity contribution in [1.82, 2.24) is 10.3 Å². The van der Waals surface area contributed by atoms with Gasteiger partial charge in [-0.1, -0.05) is 48.0 Å². The quantitative estimate of drug-likeness (QED) is 0.126. The lowest BCUT2D eigenvalue weighted by molar-refractivity contribution is -0.109. The zero-order chi connectivity index (χ0) is 31.1. The van der Waals surface area contributed by atoms with Crippen molar-refractivity contribution < 1.29 is 17.9 Å². The number of aromatic nitrogens is 1. The van der Waals surface area contributed by atoms with Crippen LogP contribution in [0.3, 0.4) is 0 Å². The van der Waals surface area contributed by atoms with Crippen LogP contribution in [-0.2, 0) is 40.6 Å². The molecular formula is C34H37ClN2O4S2. The minimum absolute atomic E-state index is 0.116. The summed E-state index contributed by atoms with van der Waals surface area (Å²) in [6, 6.07) is 17.8. The molecule has 1 unspecified atom stereocenters. The number of ether oxygens (including phenoxy) is 1. The summed E-state index contributed by atoms with van der Waals surface area (Å²) in [6.07, 6.45) is 6.35. The molecule has 0 saturated carbocycles. The number of rotatable bonds is 13. The fraction of sp³-hybridized carbons (Fsp3) is 0.294. The molecule has 226 valence electrons. The summed E-state index contributed by atoms with van der Waals surface area (Å²) < 4.78 is 30.2. The summed E-state index contributed by atoms with van der Waals surface area (Å²) in [4.78, 5) is 15.6. The second-order valence-electron chi connectivity index (χ2n) is 10.8. The Bertz CT molecular complexity index is 1720. The van der Waals surface area contributed by atoms with E-state index in [0.717, 1.165) is 30.1 Å². The number of aldehydes is 1. The normalized spacial score (nSPS) is 12.2. The Morgan fingerprint density at radius 3 is 2.35 bits per heavy atom. The number of carbonyl (C=O) groups excluding carboxylic acids is 1. The minimum Gasteiger partial charge on any atom is -0.489 e. The van der Waals surface area contributed by atoms with Gasteiger partial charge in [0.05, 0.1) is 10.9 Å². The molecule has 4 aromatic rings. The van der Waals surface area contributed by atoms with Crippen LogP contribution >= 0.6 is 24.2 Å². The van der Waals surface area contributed by atoms with Crippen LogP contribution in [0.4, 0.5) is 0 Å². The highest BCUT2D eigenvalue weighted by molar-refractivity contribution is 7.90. The summed E-state index contributed by atoms with van der Waals surface area (Å²) in [7, 11) is -3.40. The Kier molecular flexibility index (Phi) is 11.1. The first kappa shape index (κ1) is 32.7. The van der Waals surface area contributed by atoms with Crippen LogP contribution < -0.4 is 10.1 Å². The Hall–Kier alpha value is -3.17. The first-order valence-electron chi connectivity index (χ1n) is 14.0. The highest BCUT2D eigenvalue weighted by Crippen LogP contribution is 2.32. The number of carbonyl (C=O) groups is 1. The smallest absolute Gasteiger partial charge is 0.177 e. The Morgan fingerprint density at radius 2 is 1.65 bits per heavy atom. The van der Waals surface area contributed by atoms with E-state index in [2.05, 4.69) is 80.1 Å². The average Bonchev–Trinajstić information content (AvgIpc) is 2.98. The highest BCUT2D eigenvalue weighted by atomic mass is 35.5. The number of nitrogens with zero attached hydrogens (tertiary/aromatic N) is 1. The van der Waals surface area contributed by atoms with Crippen molar-refractivity contribution >= 4 is 40.4 Å². The predicted molar refractivity (Wildman–Crippen MR) is 177 cm³/mol. The van der Waals surface area contributed by atoms with E-state index in [4.69, 9.17) is 16.3 Å². The maximum absolute atomic E-state index is 12.0. The lowest BCUT2D eigenvalue weighted by Crippen LogP contribution is -2.31. The van der Waals surface area contributed by atoms with Crippen molar-refractivity contribution in [2.24, 2.45) is 0 Å². The number of benzene rings is 3. The molecule has 0 fully saturated rings. The van der Waals surface area contributed by atoms with Gasteiger partial charge in [-0.25, -0.2) is 8.42 Å². The molecule has 0 radical (unpaired) electrons. The summed E-state index contributed by atoms with van der Waals surface area (Å²) in [5.41, 5.74) is 9.85. The molecule has 0 aliphatic carbocycles. The molecule has 1 atom stereocenters. The van der Waals surface area contributed by atoms with Gasteiger partial charge in [0.25, 0.3) is 0 Å². The minimum atomic E-state index is -3.40. The molecule has 9 heteroatoms. The van der Waals surface area contributed by atoms with Gasteiger partial charge < -0.3 is 14.8 Å². The molecule has 0 aliphatic rings. The molecule has 3 aromatic carbocycles. The van der Waals surface area contributed by atoms with E-state index in [1.54, 1.807) is 12.3 Å². The molecule has 0 amide bonds. The van der Waals surface area contributed by atoms with E-state index in [0.29, 0.717) is 35.1 Å². The van der Waals surface area contributed by atoms with Crippen LogP contribution in [0, 0.1) is 20.8 Å². The van der Waals surface area contributed by atoms with Crippen LogP contribution in [-0.4, -0.2) is 37.7 Å².